The molecule has 0 fully saturated rings. The summed E-state index contributed by atoms with van der Waals surface area (Å²) < 4.78 is 26.5. The Hall–Kier alpha value is -2.35. The summed E-state index contributed by atoms with van der Waals surface area (Å²) in [5.41, 5.74) is 1.17. The lowest BCUT2D eigenvalue weighted by Gasteiger charge is -2.08. The van der Waals surface area contributed by atoms with Crippen molar-refractivity contribution in [2.75, 3.05) is 16.3 Å². The van der Waals surface area contributed by atoms with E-state index in [9.17, 15) is 13.2 Å². The molecule has 8 heteroatoms. The van der Waals surface area contributed by atoms with Crippen LogP contribution < -0.4 is 10.0 Å². The van der Waals surface area contributed by atoms with Gasteiger partial charge in [-0.15, -0.1) is 0 Å². The molecule has 7 nitrogen and oxygen atoms in total. The predicted molar refractivity (Wildman–Crippen MR) is 85.5 cm³/mol. The third-order valence-electron chi connectivity index (χ3n) is 2.79. The highest BCUT2D eigenvalue weighted by molar-refractivity contribution is 7.92. The van der Waals surface area contributed by atoms with E-state index in [2.05, 4.69) is 15.1 Å². The Balaban J connectivity index is 2.12. The molecule has 22 heavy (non-hydrogen) atoms. The van der Waals surface area contributed by atoms with Crippen molar-refractivity contribution < 1.29 is 13.2 Å². The van der Waals surface area contributed by atoms with Crippen LogP contribution in [0.15, 0.2) is 36.5 Å². The van der Waals surface area contributed by atoms with Crippen molar-refractivity contribution >= 4 is 27.3 Å². The lowest BCUT2D eigenvalue weighted by molar-refractivity contribution is 0.102. The minimum absolute atomic E-state index is 0.170. The van der Waals surface area contributed by atoms with Crippen LogP contribution in [0.2, 0.25) is 0 Å². The fourth-order valence-electron chi connectivity index (χ4n) is 1.82. The maximum absolute atomic E-state index is 12.1. The first-order valence-corrected chi connectivity index (χ1v) is 8.58. The second-order valence-electron chi connectivity index (χ2n) is 5.18. The second-order valence-corrected chi connectivity index (χ2v) is 6.93. The number of anilines is 2. The molecule has 0 aliphatic rings. The van der Waals surface area contributed by atoms with Crippen molar-refractivity contribution in [3.05, 3.63) is 42.2 Å². The van der Waals surface area contributed by atoms with Gasteiger partial charge in [0, 0.05) is 17.9 Å². The Labute approximate surface area is 129 Å². The van der Waals surface area contributed by atoms with Gasteiger partial charge in [-0.2, -0.15) is 5.10 Å². The van der Waals surface area contributed by atoms with Gasteiger partial charge in [-0.3, -0.25) is 14.2 Å². The molecule has 0 saturated heterocycles. The normalized spacial score (nSPS) is 11.5. The Morgan fingerprint density at radius 3 is 2.50 bits per heavy atom. The zero-order chi connectivity index (χ0) is 16.3. The number of nitrogens with zero attached hydrogens (tertiary/aromatic N) is 2. The van der Waals surface area contributed by atoms with E-state index < -0.39 is 10.0 Å². The number of benzene rings is 1. The van der Waals surface area contributed by atoms with Crippen molar-refractivity contribution in [2.24, 2.45) is 0 Å². The van der Waals surface area contributed by atoms with Crippen LogP contribution in [0.5, 0.6) is 0 Å². The number of amides is 1. The van der Waals surface area contributed by atoms with E-state index >= 15 is 0 Å². The standard InChI is InChI=1S/C14H18N4O3S/c1-10(2)18-8-7-13(16-18)14(19)15-11-5-4-6-12(9-11)17-22(3,20)21/h4-10,17H,1-3H3,(H,15,19). The van der Waals surface area contributed by atoms with E-state index in [1.807, 2.05) is 13.8 Å². The van der Waals surface area contributed by atoms with E-state index in [1.165, 1.54) is 0 Å². The first-order chi connectivity index (χ1) is 10.2. The topological polar surface area (TPSA) is 93.1 Å². The minimum atomic E-state index is -3.36. The summed E-state index contributed by atoms with van der Waals surface area (Å²) in [5.74, 6) is -0.351. The smallest absolute Gasteiger partial charge is 0.276 e. The summed E-state index contributed by atoms with van der Waals surface area (Å²) in [4.78, 5) is 12.1. The van der Waals surface area contributed by atoms with Gasteiger partial charge in [0.25, 0.3) is 5.91 Å². The van der Waals surface area contributed by atoms with E-state index in [0.717, 1.165) is 6.26 Å². The number of sulfonamides is 1. The average molecular weight is 322 g/mol. The van der Waals surface area contributed by atoms with Crippen LogP contribution in [0.1, 0.15) is 30.4 Å². The molecule has 0 aliphatic carbocycles. The van der Waals surface area contributed by atoms with Crippen molar-refractivity contribution in [3.8, 4) is 0 Å². The van der Waals surface area contributed by atoms with Gasteiger partial charge in [-0.05, 0) is 38.1 Å². The summed E-state index contributed by atoms with van der Waals surface area (Å²) in [6, 6.07) is 8.26. The molecule has 0 unspecified atom stereocenters. The molecule has 1 heterocycles. The minimum Gasteiger partial charge on any atom is -0.321 e. The lowest BCUT2D eigenvalue weighted by atomic mass is 10.2. The zero-order valence-electron chi connectivity index (χ0n) is 12.6. The third kappa shape index (κ3) is 4.32. The summed E-state index contributed by atoms with van der Waals surface area (Å²) in [6.45, 7) is 3.93. The highest BCUT2D eigenvalue weighted by Gasteiger charge is 2.11. The molecule has 0 spiro atoms. The van der Waals surface area contributed by atoms with E-state index in [1.54, 1.807) is 41.2 Å². The second kappa shape index (κ2) is 6.18. The number of hydrogen-bond acceptors (Lipinski definition) is 4. The molecule has 2 rings (SSSR count). The molecule has 0 atom stereocenters. The number of hydrogen-bond donors (Lipinski definition) is 2. The first-order valence-electron chi connectivity index (χ1n) is 6.69. The van der Waals surface area contributed by atoms with E-state index in [4.69, 9.17) is 0 Å². The fourth-order valence-corrected chi connectivity index (χ4v) is 2.37. The summed E-state index contributed by atoms with van der Waals surface area (Å²) >= 11 is 0. The van der Waals surface area contributed by atoms with Gasteiger partial charge in [-0.1, -0.05) is 6.07 Å². The van der Waals surface area contributed by atoms with Gasteiger partial charge in [0.1, 0.15) is 0 Å². The Kier molecular flexibility index (Phi) is 4.51. The monoisotopic (exact) mass is 322 g/mol. The van der Waals surface area contributed by atoms with Crippen LogP contribution in [0.4, 0.5) is 11.4 Å². The van der Waals surface area contributed by atoms with Gasteiger partial charge in [0.2, 0.25) is 10.0 Å². The van der Waals surface area contributed by atoms with Crippen LogP contribution in [0.3, 0.4) is 0 Å². The average Bonchev–Trinajstić information content (AvgIpc) is 2.86. The quantitative estimate of drug-likeness (QED) is 0.881. The maximum Gasteiger partial charge on any atom is 0.276 e. The van der Waals surface area contributed by atoms with E-state index in [0.29, 0.717) is 17.1 Å². The van der Waals surface area contributed by atoms with Crippen LogP contribution >= 0.6 is 0 Å². The number of nitrogens with one attached hydrogen (secondary N) is 2. The maximum atomic E-state index is 12.1. The number of aromatic nitrogens is 2. The molecule has 0 aliphatic heterocycles. The zero-order valence-corrected chi connectivity index (χ0v) is 13.4. The molecule has 0 saturated carbocycles. The van der Waals surface area contributed by atoms with E-state index in [-0.39, 0.29) is 11.9 Å². The molecule has 1 aromatic carbocycles. The highest BCUT2D eigenvalue weighted by Crippen LogP contribution is 2.17. The molecule has 1 amide bonds. The first kappa shape index (κ1) is 16.0. The van der Waals surface area contributed by atoms with Gasteiger partial charge in [-0.25, -0.2) is 8.42 Å². The van der Waals surface area contributed by atoms with Gasteiger partial charge in [0.05, 0.1) is 11.9 Å². The number of carbonyl (C=O) groups excluding carboxylic acids is 1. The predicted octanol–water partition coefficient (Wildman–Crippen LogP) is 2.09. The Morgan fingerprint density at radius 2 is 1.91 bits per heavy atom. The van der Waals surface area contributed by atoms with Crippen LogP contribution in [-0.2, 0) is 10.0 Å². The summed E-state index contributed by atoms with van der Waals surface area (Å²) in [7, 11) is -3.36. The van der Waals surface area contributed by atoms with Crippen molar-refractivity contribution in [3.63, 3.8) is 0 Å². The van der Waals surface area contributed by atoms with Crippen molar-refractivity contribution in [1.29, 1.82) is 0 Å². The Bertz CT molecular complexity index is 781. The molecule has 1 aromatic heterocycles. The molecule has 2 N–H and O–H groups in total. The molecule has 2 aromatic rings. The largest absolute Gasteiger partial charge is 0.321 e. The van der Waals surface area contributed by atoms with Gasteiger partial charge >= 0.3 is 0 Å². The lowest BCUT2D eigenvalue weighted by Crippen LogP contribution is -2.14. The summed E-state index contributed by atoms with van der Waals surface area (Å²) in [5, 5.41) is 6.87. The SMILES string of the molecule is CC(C)n1ccc(C(=O)Nc2cccc(NS(C)(=O)=O)c2)n1. The third-order valence-corrected chi connectivity index (χ3v) is 3.40. The van der Waals surface area contributed by atoms with Crippen molar-refractivity contribution in [2.45, 2.75) is 19.9 Å². The van der Waals surface area contributed by atoms with Crippen LogP contribution in [0, 0.1) is 0 Å². The Morgan fingerprint density at radius 1 is 1.23 bits per heavy atom. The molecule has 0 radical (unpaired) electrons. The fraction of sp³-hybridized carbons (Fsp3) is 0.286. The molecular weight excluding hydrogens is 304 g/mol. The molecular formula is C14H18N4O3S. The number of carbonyl (C=O) groups is 1. The highest BCUT2D eigenvalue weighted by atomic mass is 32.2. The van der Waals surface area contributed by atoms with Crippen LogP contribution in [-0.4, -0.2) is 30.4 Å². The van der Waals surface area contributed by atoms with Gasteiger partial charge in [0.15, 0.2) is 5.69 Å². The summed E-state index contributed by atoms with van der Waals surface area (Å²) in [6.07, 6.45) is 2.80. The number of rotatable bonds is 5. The van der Waals surface area contributed by atoms with Crippen LogP contribution in [0.25, 0.3) is 0 Å². The molecule has 0 bridgehead atoms. The molecule has 118 valence electrons. The van der Waals surface area contributed by atoms with Crippen molar-refractivity contribution in [1.82, 2.24) is 9.78 Å². The van der Waals surface area contributed by atoms with Gasteiger partial charge < -0.3 is 5.32 Å².